The van der Waals surface area contributed by atoms with Crippen molar-refractivity contribution in [3.05, 3.63) is 89.3 Å². The van der Waals surface area contributed by atoms with Crippen LogP contribution in [0.5, 0.6) is 0 Å². The number of nitrogens with two attached hydrogens (primary N) is 1. The molecule has 0 aliphatic heterocycles. The largest absolute Gasteiger partial charge is 0.434 e. The molecule has 0 saturated carbocycles. The lowest BCUT2D eigenvalue weighted by atomic mass is 10.1. The Kier molecular flexibility index (Phi) is 8.90. The molecule has 0 aliphatic carbocycles. The van der Waals surface area contributed by atoms with Crippen molar-refractivity contribution in [2.75, 3.05) is 0 Å². The Morgan fingerprint density at radius 1 is 0.757 bits per heavy atom. The van der Waals surface area contributed by atoms with Gasteiger partial charge in [0.15, 0.2) is 17.1 Å². The molecular formula is C25H24F6N6. The van der Waals surface area contributed by atoms with Crippen LogP contribution in [0, 0.1) is 6.57 Å². The summed E-state index contributed by atoms with van der Waals surface area (Å²) in [5.41, 5.74) is 6.18. The van der Waals surface area contributed by atoms with Gasteiger partial charge in [0.05, 0.1) is 6.57 Å². The van der Waals surface area contributed by atoms with Gasteiger partial charge in [-0.25, -0.2) is 14.8 Å². The van der Waals surface area contributed by atoms with E-state index in [0.29, 0.717) is 23.4 Å². The SMILES string of the molecule is C.Cn1cc(C(F)(F)F)nc1-c1ccc(CN)cc1.[C-]#[N+]c1ccc(-c2nc(C(F)(F)F)cn2C)cc1. The lowest BCUT2D eigenvalue weighted by Gasteiger charge is -2.02. The average molecular weight is 522 g/mol. The molecule has 0 bridgehead atoms. The molecule has 2 aromatic heterocycles. The maximum Gasteiger partial charge on any atom is 0.434 e. The fraction of sp³-hybridized carbons (Fsp3) is 0.240. The first-order valence-corrected chi connectivity index (χ1v) is 10.3. The van der Waals surface area contributed by atoms with Crippen molar-refractivity contribution in [2.45, 2.75) is 26.3 Å². The van der Waals surface area contributed by atoms with Gasteiger partial charge in [-0.05, 0) is 5.56 Å². The van der Waals surface area contributed by atoms with Crippen LogP contribution in [-0.4, -0.2) is 19.1 Å². The third-order valence-corrected chi connectivity index (χ3v) is 5.04. The molecule has 4 rings (SSSR count). The first-order valence-electron chi connectivity index (χ1n) is 10.3. The monoisotopic (exact) mass is 522 g/mol. The molecular weight excluding hydrogens is 498 g/mol. The predicted molar refractivity (Wildman–Crippen MR) is 128 cm³/mol. The van der Waals surface area contributed by atoms with Crippen LogP contribution in [-0.2, 0) is 33.0 Å². The van der Waals surface area contributed by atoms with E-state index in [-0.39, 0.29) is 19.1 Å². The molecule has 6 nitrogen and oxygen atoms in total. The molecule has 37 heavy (non-hydrogen) atoms. The second-order valence-corrected chi connectivity index (χ2v) is 7.68. The number of halogens is 6. The van der Waals surface area contributed by atoms with Crippen LogP contribution < -0.4 is 5.73 Å². The van der Waals surface area contributed by atoms with Gasteiger partial charge in [0, 0.05) is 44.2 Å². The molecule has 0 radical (unpaired) electrons. The van der Waals surface area contributed by atoms with E-state index in [1.807, 2.05) is 0 Å². The number of imidazole rings is 2. The number of hydrogen-bond donors (Lipinski definition) is 1. The molecule has 0 aliphatic rings. The third-order valence-electron chi connectivity index (χ3n) is 5.04. The minimum absolute atomic E-state index is 0. The summed E-state index contributed by atoms with van der Waals surface area (Å²) in [4.78, 5) is 10.4. The Morgan fingerprint density at radius 2 is 1.14 bits per heavy atom. The van der Waals surface area contributed by atoms with Crippen molar-refractivity contribution in [2.24, 2.45) is 19.8 Å². The molecule has 0 spiro atoms. The van der Waals surface area contributed by atoms with Crippen LogP contribution in [0.2, 0.25) is 0 Å². The van der Waals surface area contributed by atoms with E-state index < -0.39 is 23.7 Å². The van der Waals surface area contributed by atoms with Crippen molar-refractivity contribution in [3.8, 4) is 22.8 Å². The Bertz CT molecular complexity index is 1360. The van der Waals surface area contributed by atoms with Gasteiger partial charge in [-0.15, -0.1) is 0 Å². The summed E-state index contributed by atoms with van der Waals surface area (Å²) in [5.74, 6) is 0.504. The van der Waals surface area contributed by atoms with Crippen LogP contribution in [0.1, 0.15) is 24.4 Å². The first-order chi connectivity index (χ1) is 16.8. The fourth-order valence-electron chi connectivity index (χ4n) is 3.22. The quantitative estimate of drug-likeness (QED) is 0.236. The highest BCUT2D eigenvalue weighted by Crippen LogP contribution is 2.32. The van der Waals surface area contributed by atoms with Crippen LogP contribution in [0.25, 0.3) is 27.6 Å². The van der Waals surface area contributed by atoms with Crippen molar-refractivity contribution in [1.29, 1.82) is 0 Å². The summed E-state index contributed by atoms with van der Waals surface area (Å²) in [6.07, 6.45) is -6.95. The highest BCUT2D eigenvalue weighted by atomic mass is 19.4. The second kappa shape index (κ2) is 11.3. The Labute approximate surface area is 209 Å². The van der Waals surface area contributed by atoms with E-state index in [1.165, 1.54) is 23.2 Å². The lowest BCUT2D eigenvalue weighted by molar-refractivity contribution is -0.141. The van der Waals surface area contributed by atoms with E-state index in [9.17, 15) is 26.3 Å². The lowest BCUT2D eigenvalue weighted by Crippen LogP contribution is -2.04. The Morgan fingerprint density at radius 3 is 1.43 bits per heavy atom. The summed E-state index contributed by atoms with van der Waals surface area (Å²) >= 11 is 0. The van der Waals surface area contributed by atoms with Gasteiger partial charge in [0.25, 0.3) is 0 Å². The number of nitrogens with zero attached hydrogens (tertiary/aromatic N) is 5. The summed E-state index contributed by atoms with van der Waals surface area (Å²) in [7, 11) is 3.04. The van der Waals surface area contributed by atoms with Crippen LogP contribution >= 0.6 is 0 Å². The maximum atomic E-state index is 12.5. The summed E-state index contributed by atoms with van der Waals surface area (Å²) < 4.78 is 77.7. The molecule has 2 aromatic carbocycles. The van der Waals surface area contributed by atoms with Crippen LogP contribution in [0.4, 0.5) is 32.0 Å². The smallest absolute Gasteiger partial charge is 0.333 e. The van der Waals surface area contributed by atoms with E-state index in [2.05, 4.69) is 14.8 Å². The van der Waals surface area contributed by atoms with Crippen LogP contribution in [0.15, 0.2) is 60.9 Å². The molecule has 0 unspecified atom stereocenters. The van der Waals surface area contributed by atoms with Gasteiger partial charge >= 0.3 is 12.4 Å². The van der Waals surface area contributed by atoms with Crippen molar-refractivity contribution >= 4 is 5.69 Å². The second-order valence-electron chi connectivity index (χ2n) is 7.68. The van der Waals surface area contributed by atoms with E-state index in [0.717, 1.165) is 18.0 Å². The zero-order valence-corrected chi connectivity index (χ0v) is 19.1. The zero-order valence-electron chi connectivity index (χ0n) is 19.1. The number of rotatable bonds is 3. The molecule has 0 saturated heterocycles. The van der Waals surface area contributed by atoms with Gasteiger partial charge in [-0.2, -0.15) is 26.3 Å². The summed E-state index contributed by atoms with van der Waals surface area (Å²) in [6, 6.07) is 13.2. The minimum atomic E-state index is -4.45. The molecule has 0 amide bonds. The number of aryl methyl sites for hydroxylation is 2. The average Bonchev–Trinajstić information content (AvgIpc) is 3.42. The van der Waals surface area contributed by atoms with Gasteiger partial charge in [0.1, 0.15) is 11.6 Å². The van der Waals surface area contributed by atoms with Gasteiger partial charge in [-0.3, -0.25) is 0 Å². The molecule has 12 heteroatoms. The first kappa shape index (κ1) is 29.1. The molecule has 2 heterocycles. The normalized spacial score (nSPS) is 11.2. The summed E-state index contributed by atoms with van der Waals surface area (Å²) in [5, 5.41) is 0. The highest BCUT2D eigenvalue weighted by molar-refractivity contribution is 5.61. The fourth-order valence-corrected chi connectivity index (χ4v) is 3.22. The van der Waals surface area contributed by atoms with E-state index in [1.54, 1.807) is 48.5 Å². The number of benzene rings is 2. The van der Waals surface area contributed by atoms with Crippen LogP contribution in [0.3, 0.4) is 0 Å². The van der Waals surface area contributed by atoms with Gasteiger partial charge in [0.2, 0.25) is 0 Å². The van der Waals surface area contributed by atoms with Crippen molar-refractivity contribution in [1.82, 2.24) is 19.1 Å². The predicted octanol–water partition coefficient (Wildman–Crippen LogP) is 6.86. The third kappa shape index (κ3) is 6.98. The number of alkyl halides is 6. The number of aromatic nitrogens is 4. The Balaban J connectivity index is 0.000000253. The van der Waals surface area contributed by atoms with Gasteiger partial charge < -0.3 is 14.9 Å². The van der Waals surface area contributed by atoms with Crippen molar-refractivity contribution in [3.63, 3.8) is 0 Å². The maximum absolute atomic E-state index is 12.5. The molecule has 0 fully saturated rings. The van der Waals surface area contributed by atoms with E-state index in [4.69, 9.17) is 12.3 Å². The molecule has 0 atom stereocenters. The van der Waals surface area contributed by atoms with E-state index >= 15 is 0 Å². The topological polar surface area (TPSA) is 66.0 Å². The zero-order chi connectivity index (χ0) is 26.7. The standard InChI is InChI=1S/C12H8F3N3.C12H12F3N3.CH4/c1-16-9-5-3-8(4-6-9)11-17-10(7-18(11)2)12(13,14)15;1-18-7-10(12(13,14)15)17-11(18)9-4-2-8(6-16)3-5-9;/h3-7H,2H3;2-5,7H,6,16H2,1H3;1H4. The summed E-state index contributed by atoms with van der Waals surface area (Å²) in [6.45, 7) is 7.20. The van der Waals surface area contributed by atoms with Gasteiger partial charge in [-0.1, -0.05) is 56.0 Å². The highest BCUT2D eigenvalue weighted by Gasteiger charge is 2.35. The molecule has 2 N–H and O–H groups in total. The molecule has 196 valence electrons. The van der Waals surface area contributed by atoms with Crippen molar-refractivity contribution < 1.29 is 26.3 Å². The molecule has 4 aromatic rings. The Hall–Kier alpha value is -4.11. The minimum Gasteiger partial charge on any atom is -0.333 e. The number of hydrogen-bond acceptors (Lipinski definition) is 3.